The molecule has 1 aromatic carbocycles. The second-order valence-corrected chi connectivity index (χ2v) is 9.67. The summed E-state index contributed by atoms with van der Waals surface area (Å²) in [7, 11) is -1.80. The minimum absolute atomic E-state index is 0.0264. The van der Waals surface area contributed by atoms with Crippen LogP contribution in [0.1, 0.15) is 46.0 Å². The van der Waals surface area contributed by atoms with Crippen molar-refractivity contribution >= 4 is 27.3 Å². The molecule has 7 heteroatoms. The summed E-state index contributed by atoms with van der Waals surface area (Å²) < 4.78 is 27.0. The fourth-order valence-electron chi connectivity index (χ4n) is 4.78. The molecular weight excluding hydrogens is 362 g/mol. The summed E-state index contributed by atoms with van der Waals surface area (Å²) in [6, 6.07) is 4.87. The monoisotopic (exact) mass is 393 g/mol. The van der Waals surface area contributed by atoms with Gasteiger partial charge in [-0.05, 0) is 55.2 Å². The number of rotatable bonds is 8. The van der Waals surface area contributed by atoms with Crippen LogP contribution in [0.15, 0.2) is 23.1 Å². The molecule has 2 fully saturated rings. The maximum Gasteiger partial charge on any atom is 0.243 e. The number of hydrogen-bond donors (Lipinski definition) is 2. The van der Waals surface area contributed by atoms with E-state index in [0.717, 1.165) is 18.0 Å². The Labute approximate surface area is 162 Å². The van der Waals surface area contributed by atoms with Crippen LogP contribution in [0.25, 0.3) is 0 Å². The minimum atomic E-state index is -3.56. The van der Waals surface area contributed by atoms with Crippen LogP contribution in [0, 0.1) is 17.8 Å². The van der Waals surface area contributed by atoms with Crippen molar-refractivity contribution in [1.29, 1.82) is 0 Å². The van der Waals surface area contributed by atoms with Gasteiger partial charge in [-0.3, -0.25) is 4.79 Å². The van der Waals surface area contributed by atoms with Crippen molar-refractivity contribution in [2.24, 2.45) is 17.8 Å². The van der Waals surface area contributed by atoms with Gasteiger partial charge in [0, 0.05) is 26.6 Å². The van der Waals surface area contributed by atoms with Crippen LogP contribution in [-0.2, 0) is 14.8 Å². The van der Waals surface area contributed by atoms with Gasteiger partial charge in [0.1, 0.15) is 0 Å². The first-order valence-electron chi connectivity index (χ1n) is 10.0. The molecule has 0 saturated heterocycles. The number of benzene rings is 1. The molecule has 2 bridgehead atoms. The van der Waals surface area contributed by atoms with Crippen molar-refractivity contribution in [3.05, 3.63) is 18.2 Å². The third kappa shape index (κ3) is 4.14. The number of anilines is 2. The maximum absolute atomic E-state index is 12.8. The van der Waals surface area contributed by atoms with E-state index >= 15 is 0 Å². The lowest BCUT2D eigenvalue weighted by molar-refractivity contribution is -0.117. The van der Waals surface area contributed by atoms with Gasteiger partial charge in [-0.1, -0.05) is 20.3 Å². The number of nitrogens with zero attached hydrogens (tertiary/aromatic N) is 1. The Balaban J connectivity index is 1.76. The number of carbonyl (C=O) groups excluding carboxylic acids is 1. The van der Waals surface area contributed by atoms with Crippen molar-refractivity contribution in [3.8, 4) is 0 Å². The van der Waals surface area contributed by atoms with E-state index in [1.165, 1.54) is 23.6 Å². The van der Waals surface area contributed by atoms with Crippen LogP contribution < -0.4 is 10.6 Å². The minimum Gasteiger partial charge on any atom is -0.386 e. The maximum atomic E-state index is 12.8. The second kappa shape index (κ2) is 8.19. The van der Waals surface area contributed by atoms with Gasteiger partial charge in [-0.2, -0.15) is 4.31 Å². The summed E-state index contributed by atoms with van der Waals surface area (Å²) in [5, 5.41) is 5.99. The van der Waals surface area contributed by atoms with Gasteiger partial charge in [0.05, 0.1) is 16.3 Å². The molecule has 0 radical (unpaired) electrons. The van der Waals surface area contributed by atoms with Crippen molar-refractivity contribution in [3.63, 3.8) is 0 Å². The second-order valence-electron chi connectivity index (χ2n) is 7.73. The van der Waals surface area contributed by atoms with E-state index in [1.54, 1.807) is 25.2 Å². The average molecular weight is 394 g/mol. The van der Waals surface area contributed by atoms with Crippen molar-refractivity contribution in [1.82, 2.24) is 4.31 Å². The summed E-state index contributed by atoms with van der Waals surface area (Å²) in [5.74, 6) is 1.95. The first-order chi connectivity index (χ1) is 12.9. The van der Waals surface area contributed by atoms with Gasteiger partial charge in [0.2, 0.25) is 15.9 Å². The Hall–Kier alpha value is -1.60. The van der Waals surface area contributed by atoms with Crippen LogP contribution in [0.2, 0.25) is 0 Å². The summed E-state index contributed by atoms with van der Waals surface area (Å²) >= 11 is 0. The standard InChI is InChI=1S/C20H31N3O3S/c1-4-23(5-2)27(25,26)17-8-9-18(21-3)19(13-17)22-20(24)12-16-11-14-6-7-15(16)10-14/h8-9,13-16,21H,4-7,10-12H2,1-3H3,(H,22,24)/t14-,15-,16+/m1/s1. The highest BCUT2D eigenvalue weighted by Crippen LogP contribution is 2.49. The van der Waals surface area contributed by atoms with Crippen LogP contribution in [0.4, 0.5) is 11.4 Å². The molecule has 2 N–H and O–H groups in total. The fourth-order valence-corrected chi connectivity index (χ4v) is 6.27. The number of hydrogen-bond acceptors (Lipinski definition) is 4. The molecule has 0 heterocycles. The smallest absolute Gasteiger partial charge is 0.243 e. The predicted octanol–water partition coefficient (Wildman–Crippen LogP) is 3.52. The number of carbonyl (C=O) groups is 1. The molecule has 0 unspecified atom stereocenters. The largest absolute Gasteiger partial charge is 0.386 e. The van der Waals surface area contributed by atoms with E-state index in [9.17, 15) is 13.2 Å². The van der Waals surface area contributed by atoms with Crippen molar-refractivity contribution in [2.45, 2.75) is 50.8 Å². The highest BCUT2D eigenvalue weighted by Gasteiger charge is 2.40. The summed E-state index contributed by atoms with van der Waals surface area (Å²) in [5.41, 5.74) is 1.24. The molecule has 3 rings (SSSR count). The zero-order valence-corrected chi connectivity index (χ0v) is 17.3. The first-order valence-corrected chi connectivity index (χ1v) is 11.4. The van der Waals surface area contributed by atoms with Gasteiger partial charge >= 0.3 is 0 Å². The van der Waals surface area contributed by atoms with Gasteiger partial charge < -0.3 is 10.6 Å². The number of fused-ring (bicyclic) bond motifs is 2. The van der Waals surface area contributed by atoms with Gasteiger partial charge in [-0.25, -0.2) is 8.42 Å². The zero-order chi connectivity index (χ0) is 19.6. The van der Waals surface area contributed by atoms with Gasteiger partial charge in [0.15, 0.2) is 0 Å². The lowest BCUT2D eigenvalue weighted by Gasteiger charge is -2.22. The molecule has 6 nitrogen and oxygen atoms in total. The third-order valence-electron chi connectivity index (χ3n) is 6.21. The van der Waals surface area contributed by atoms with E-state index < -0.39 is 10.0 Å². The van der Waals surface area contributed by atoms with E-state index in [1.807, 2.05) is 13.8 Å². The van der Waals surface area contributed by atoms with E-state index in [0.29, 0.717) is 37.0 Å². The van der Waals surface area contributed by atoms with Crippen LogP contribution in [0.3, 0.4) is 0 Å². The Morgan fingerprint density at radius 3 is 2.44 bits per heavy atom. The lowest BCUT2D eigenvalue weighted by Crippen LogP contribution is -2.30. The lowest BCUT2D eigenvalue weighted by atomic mass is 9.86. The fraction of sp³-hybridized carbons (Fsp3) is 0.650. The van der Waals surface area contributed by atoms with Crippen LogP contribution in [-0.4, -0.2) is 38.8 Å². The van der Waals surface area contributed by atoms with Crippen molar-refractivity contribution in [2.75, 3.05) is 30.8 Å². The number of sulfonamides is 1. The van der Waals surface area contributed by atoms with E-state index in [2.05, 4.69) is 10.6 Å². The Morgan fingerprint density at radius 1 is 1.15 bits per heavy atom. The Morgan fingerprint density at radius 2 is 1.89 bits per heavy atom. The summed E-state index contributed by atoms with van der Waals surface area (Å²) in [4.78, 5) is 12.8. The molecule has 27 heavy (non-hydrogen) atoms. The molecule has 2 aliphatic rings. The molecule has 0 aromatic heterocycles. The molecule has 3 atom stereocenters. The van der Waals surface area contributed by atoms with E-state index in [-0.39, 0.29) is 10.8 Å². The van der Waals surface area contributed by atoms with Gasteiger partial charge in [0.25, 0.3) is 0 Å². The molecule has 150 valence electrons. The Kier molecular flexibility index (Phi) is 6.11. The molecule has 1 amide bonds. The SMILES string of the molecule is CCN(CC)S(=O)(=O)c1ccc(NC)c(NC(=O)C[C@@H]2C[C@@H]3CC[C@@H]2C3)c1. The molecule has 1 aromatic rings. The molecule has 0 aliphatic heterocycles. The summed E-state index contributed by atoms with van der Waals surface area (Å²) in [6.07, 6.45) is 5.53. The molecule has 2 aliphatic carbocycles. The highest BCUT2D eigenvalue weighted by atomic mass is 32.2. The molecular formula is C20H31N3O3S. The average Bonchev–Trinajstić information content (AvgIpc) is 3.25. The topological polar surface area (TPSA) is 78.5 Å². The zero-order valence-electron chi connectivity index (χ0n) is 16.5. The number of amides is 1. The third-order valence-corrected chi connectivity index (χ3v) is 8.26. The predicted molar refractivity (Wildman–Crippen MR) is 108 cm³/mol. The van der Waals surface area contributed by atoms with Crippen molar-refractivity contribution < 1.29 is 13.2 Å². The normalized spacial score (nSPS) is 24.4. The molecule has 2 saturated carbocycles. The quantitative estimate of drug-likeness (QED) is 0.708. The Bertz CT molecular complexity index is 790. The first kappa shape index (κ1) is 20.1. The van der Waals surface area contributed by atoms with Crippen LogP contribution >= 0.6 is 0 Å². The molecule has 0 spiro atoms. The van der Waals surface area contributed by atoms with E-state index in [4.69, 9.17) is 0 Å². The van der Waals surface area contributed by atoms with Crippen LogP contribution in [0.5, 0.6) is 0 Å². The number of nitrogens with one attached hydrogen (secondary N) is 2. The summed E-state index contributed by atoms with van der Waals surface area (Å²) in [6.45, 7) is 4.47. The van der Waals surface area contributed by atoms with Gasteiger partial charge in [-0.15, -0.1) is 0 Å². The highest BCUT2D eigenvalue weighted by molar-refractivity contribution is 7.89.